The predicted octanol–water partition coefficient (Wildman–Crippen LogP) is 5.77. The summed E-state index contributed by atoms with van der Waals surface area (Å²) in [6, 6.07) is 16.7. The fraction of sp³-hybridized carbons (Fsp3) is 0.464. The summed E-state index contributed by atoms with van der Waals surface area (Å²) in [6.45, 7) is 7.06. The van der Waals surface area contributed by atoms with Crippen LogP contribution in [0.25, 0.3) is 10.9 Å². The molecule has 3 aromatic rings. The Balaban J connectivity index is 1.14. The van der Waals surface area contributed by atoms with Gasteiger partial charge < -0.3 is 19.7 Å². The number of rotatable bonds is 5. The Labute approximate surface area is 206 Å². The number of ether oxygens (including phenoxy) is 2. The minimum atomic E-state index is -0.474. The van der Waals surface area contributed by atoms with Crippen molar-refractivity contribution in [2.75, 3.05) is 18.4 Å². The van der Waals surface area contributed by atoms with E-state index in [9.17, 15) is 4.79 Å². The first-order chi connectivity index (χ1) is 16.8. The molecule has 0 unspecified atom stereocenters. The van der Waals surface area contributed by atoms with Crippen LogP contribution in [0.3, 0.4) is 0 Å². The first-order valence-electron chi connectivity index (χ1n) is 12.6. The smallest absolute Gasteiger partial charge is 0.410 e. The van der Waals surface area contributed by atoms with Gasteiger partial charge in [-0.15, -0.1) is 0 Å². The molecule has 2 aromatic heterocycles. The number of benzene rings is 1. The monoisotopic (exact) mass is 474 g/mol. The third kappa shape index (κ3) is 5.66. The molecule has 7 nitrogen and oxygen atoms in total. The van der Waals surface area contributed by atoms with Crippen LogP contribution in [-0.2, 0) is 4.74 Å². The predicted molar refractivity (Wildman–Crippen MR) is 137 cm³/mol. The van der Waals surface area contributed by atoms with Gasteiger partial charge in [-0.2, -0.15) is 0 Å². The number of fused-ring (bicyclic) bond motifs is 1. The van der Waals surface area contributed by atoms with Crippen LogP contribution in [0.4, 0.5) is 10.6 Å². The molecule has 1 saturated heterocycles. The lowest BCUT2D eigenvalue weighted by atomic mass is 9.88. The summed E-state index contributed by atoms with van der Waals surface area (Å²) in [5, 5.41) is 4.68. The number of likely N-dealkylation sites (tertiary alicyclic amines) is 1. The second-order valence-corrected chi connectivity index (χ2v) is 10.6. The molecule has 3 heterocycles. The van der Waals surface area contributed by atoms with Gasteiger partial charge in [-0.05, 0) is 63.8 Å². The van der Waals surface area contributed by atoms with Crippen LogP contribution in [0.1, 0.15) is 57.9 Å². The molecule has 1 N–H and O–H groups in total. The summed E-state index contributed by atoms with van der Waals surface area (Å²) in [6.07, 6.45) is 5.30. The number of hydrogen-bond donors (Lipinski definition) is 1. The van der Waals surface area contributed by atoms with Gasteiger partial charge in [0.05, 0.1) is 5.52 Å². The number of piperidine rings is 1. The molecule has 0 bridgehead atoms. The maximum atomic E-state index is 12.4. The zero-order valence-electron chi connectivity index (χ0n) is 20.7. The largest absolute Gasteiger partial charge is 0.474 e. The second-order valence-electron chi connectivity index (χ2n) is 10.6. The third-order valence-corrected chi connectivity index (χ3v) is 6.71. The molecule has 1 aromatic carbocycles. The summed E-state index contributed by atoms with van der Waals surface area (Å²) in [7, 11) is 0. The molecule has 2 aliphatic rings. The maximum Gasteiger partial charge on any atom is 0.410 e. The van der Waals surface area contributed by atoms with Crippen molar-refractivity contribution in [2.45, 2.75) is 70.1 Å². The Bertz CT molecular complexity index is 1180. The van der Waals surface area contributed by atoms with Gasteiger partial charge in [-0.1, -0.05) is 24.3 Å². The minimum absolute atomic E-state index is 0.142. The summed E-state index contributed by atoms with van der Waals surface area (Å²) < 4.78 is 11.9. The molecule has 5 rings (SSSR count). The summed E-state index contributed by atoms with van der Waals surface area (Å²) in [4.78, 5) is 23.5. The Morgan fingerprint density at radius 1 is 1.03 bits per heavy atom. The molecule has 1 aliphatic heterocycles. The van der Waals surface area contributed by atoms with Crippen molar-refractivity contribution in [2.24, 2.45) is 0 Å². The molecule has 184 valence electrons. The average Bonchev–Trinajstić information content (AvgIpc) is 2.82. The Kier molecular flexibility index (Phi) is 6.50. The SMILES string of the molecule is CC(C)(C)OC(=O)N1CCC(c2cccnc2O[C@H]2C[C@@H](Nc3ccc4ccccc4n3)C2)CC1. The molecule has 0 atom stereocenters. The number of pyridine rings is 2. The lowest BCUT2D eigenvalue weighted by Gasteiger charge is -2.37. The number of nitrogens with one attached hydrogen (secondary N) is 1. The van der Waals surface area contributed by atoms with E-state index in [-0.39, 0.29) is 12.2 Å². The van der Waals surface area contributed by atoms with E-state index in [1.54, 1.807) is 6.20 Å². The first kappa shape index (κ1) is 23.4. The molecule has 35 heavy (non-hydrogen) atoms. The van der Waals surface area contributed by atoms with Crippen LogP contribution in [-0.4, -0.2) is 51.8 Å². The van der Waals surface area contributed by atoms with E-state index in [0.717, 1.165) is 53.8 Å². The van der Waals surface area contributed by atoms with Gasteiger partial charge in [0.2, 0.25) is 5.88 Å². The standard InChI is InChI=1S/C28H34N4O3/c1-28(2,3)35-27(33)32-15-12-19(13-16-32)23-8-6-14-29-26(23)34-22-17-21(18-22)30-25-11-10-20-7-4-5-9-24(20)31-25/h4-11,14,19,21-22H,12-13,15-18H2,1-3H3,(H,30,31)/t21-,22+. The zero-order chi connectivity index (χ0) is 24.4. The van der Waals surface area contributed by atoms with Crippen LogP contribution in [0.5, 0.6) is 5.88 Å². The molecule has 1 aliphatic carbocycles. The van der Waals surface area contributed by atoms with Crippen molar-refractivity contribution in [3.63, 3.8) is 0 Å². The highest BCUT2D eigenvalue weighted by Gasteiger charge is 2.33. The topological polar surface area (TPSA) is 76.6 Å². The van der Waals surface area contributed by atoms with Crippen molar-refractivity contribution in [1.82, 2.24) is 14.9 Å². The molecule has 1 saturated carbocycles. The highest BCUT2D eigenvalue weighted by molar-refractivity contribution is 5.80. The lowest BCUT2D eigenvalue weighted by molar-refractivity contribution is 0.0203. The number of carbonyl (C=O) groups excluding carboxylic acids is 1. The van der Waals surface area contributed by atoms with E-state index in [0.29, 0.717) is 25.0 Å². The summed E-state index contributed by atoms with van der Waals surface area (Å²) >= 11 is 0. The zero-order valence-corrected chi connectivity index (χ0v) is 20.7. The summed E-state index contributed by atoms with van der Waals surface area (Å²) in [5.41, 5.74) is 1.67. The van der Waals surface area contributed by atoms with Gasteiger partial charge in [-0.25, -0.2) is 14.8 Å². The van der Waals surface area contributed by atoms with Crippen LogP contribution in [0.2, 0.25) is 0 Å². The van der Waals surface area contributed by atoms with Crippen LogP contribution < -0.4 is 10.1 Å². The molecule has 1 amide bonds. The van der Waals surface area contributed by atoms with Gasteiger partial charge in [0, 0.05) is 49.1 Å². The molecule has 0 radical (unpaired) electrons. The normalized spacial score (nSPS) is 20.8. The van der Waals surface area contributed by atoms with Crippen LogP contribution in [0, 0.1) is 0 Å². The second kappa shape index (κ2) is 9.72. The summed E-state index contributed by atoms with van der Waals surface area (Å²) in [5.74, 6) is 1.96. The van der Waals surface area contributed by atoms with Gasteiger partial charge in [0.1, 0.15) is 17.5 Å². The number of nitrogens with zero attached hydrogens (tertiary/aromatic N) is 3. The fourth-order valence-corrected chi connectivity index (χ4v) is 4.81. The number of para-hydroxylation sites is 1. The van der Waals surface area contributed by atoms with E-state index in [1.807, 2.05) is 56.0 Å². The molecule has 0 spiro atoms. The molecule has 2 fully saturated rings. The Morgan fingerprint density at radius 3 is 2.57 bits per heavy atom. The minimum Gasteiger partial charge on any atom is -0.474 e. The van der Waals surface area contributed by atoms with Crippen LogP contribution >= 0.6 is 0 Å². The van der Waals surface area contributed by atoms with E-state index in [1.165, 1.54) is 0 Å². The Hall–Kier alpha value is -3.35. The van der Waals surface area contributed by atoms with Gasteiger partial charge >= 0.3 is 6.09 Å². The number of amides is 1. The highest BCUT2D eigenvalue weighted by atomic mass is 16.6. The van der Waals surface area contributed by atoms with Gasteiger partial charge in [0.25, 0.3) is 0 Å². The van der Waals surface area contributed by atoms with Crippen molar-refractivity contribution in [3.8, 4) is 5.88 Å². The highest BCUT2D eigenvalue weighted by Crippen LogP contribution is 2.36. The van der Waals surface area contributed by atoms with E-state index in [2.05, 4.69) is 28.5 Å². The van der Waals surface area contributed by atoms with Gasteiger partial charge in [-0.3, -0.25) is 0 Å². The van der Waals surface area contributed by atoms with Crippen molar-refractivity contribution >= 4 is 22.8 Å². The Morgan fingerprint density at radius 2 is 1.80 bits per heavy atom. The molecular formula is C28H34N4O3. The third-order valence-electron chi connectivity index (χ3n) is 6.71. The quantitative estimate of drug-likeness (QED) is 0.506. The van der Waals surface area contributed by atoms with E-state index in [4.69, 9.17) is 14.5 Å². The van der Waals surface area contributed by atoms with Crippen molar-refractivity contribution in [1.29, 1.82) is 0 Å². The fourth-order valence-electron chi connectivity index (χ4n) is 4.81. The molecular weight excluding hydrogens is 440 g/mol. The van der Waals surface area contributed by atoms with E-state index < -0.39 is 5.60 Å². The lowest BCUT2D eigenvalue weighted by Crippen LogP contribution is -2.43. The number of carbonyl (C=O) groups is 1. The van der Waals surface area contributed by atoms with Crippen molar-refractivity contribution < 1.29 is 14.3 Å². The average molecular weight is 475 g/mol. The molecule has 7 heteroatoms. The van der Waals surface area contributed by atoms with Crippen LogP contribution in [0.15, 0.2) is 54.7 Å². The van der Waals surface area contributed by atoms with Crippen molar-refractivity contribution in [3.05, 3.63) is 60.3 Å². The number of hydrogen-bond acceptors (Lipinski definition) is 6. The number of anilines is 1. The van der Waals surface area contributed by atoms with Gasteiger partial charge in [0.15, 0.2) is 0 Å². The number of aromatic nitrogens is 2. The first-order valence-corrected chi connectivity index (χ1v) is 12.6. The van der Waals surface area contributed by atoms with E-state index >= 15 is 0 Å². The maximum absolute atomic E-state index is 12.4.